The first kappa shape index (κ1) is 15.6. The van der Waals surface area contributed by atoms with Crippen LogP contribution in [-0.2, 0) is 11.8 Å². The second-order valence-electron chi connectivity index (χ2n) is 6.56. The van der Waals surface area contributed by atoms with E-state index in [-0.39, 0.29) is 5.41 Å². The Kier molecular flexibility index (Phi) is 4.71. The van der Waals surface area contributed by atoms with Gasteiger partial charge >= 0.3 is 0 Å². The van der Waals surface area contributed by atoms with Crippen molar-refractivity contribution in [2.45, 2.75) is 58.8 Å². The van der Waals surface area contributed by atoms with Crippen molar-refractivity contribution >= 4 is 0 Å². The molecule has 0 aliphatic carbocycles. The normalized spacial score (nSPS) is 13.2. The minimum absolute atomic E-state index is 0.115. The van der Waals surface area contributed by atoms with E-state index in [9.17, 15) is 0 Å². The average molecular weight is 283 g/mol. The molecule has 0 aliphatic heterocycles. The summed E-state index contributed by atoms with van der Waals surface area (Å²) < 4.78 is 0. The summed E-state index contributed by atoms with van der Waals surface area (Å²) in [6, 6.07) is 8.66. The molecular weight excluding hydrogens is 258 g/mol. The van der Waals surface area contributed by atoms with Crippen molar-refractivity contribution in [1.29, 1.82) is 0 Å². The number of aryl methyl sites for hydroxylation is 1. The molecule has 0 fully saturated rings. The number of rotatable bonds is 5. The Morgan fingerprint density at radius 2 is 1.76 bits per heavy atom. The minimum Gasteiger partial charge on any atom is -0.237 e. The van der Waals surface area contributed by atoms with Crippen molar-refractivity contribution in [3.8, 4) is 0 Å². The Morgan fingerprint density at radius 1 is 1.10 bits per heavy atom. The van der Waals surface area contributed by atoms with E-state index in [2.05, 4.69) is 74.1 Å². The molecule has 1 aromatic carbocycles. The second-order valence-corrected chi connectivity index (χ2v) is 6.56. The third-order valence-corrected chi connectivity index (χ3v) is 4.07. The van der Waals surface area contributed by atoms with Crippen LogP contribution in [0.5, 0.6) is 0 Å². The fourth-order valence-electron chi connectivity index (χ4n) is 2.32. The molecule has 0 bridgehead atoms. The van der Waals surface area contributed by atoms with E-state index >= 15 is 0 Å². The summed E-state index contributed by atoms with van der Waals surface area (Å²) in [4.78, 5) is 4.56. The highest BCUT2D eigenvalue weighted by Gasteiger charge is 2.25. The van der Waals surface area contributed by atoms with Gasteiger partial charge in [-0.2, -0.15) is 5.10 Å². The van der Waals surface area contributed by atoms with Crippen molar-refractivity contribution in [3.05, 3.63) is 53.1 Å². The quantitative estimate of drug-likeness (QED) is 0.825. The first-order chi connectivity index (χ1) is 9.92. The molecule has 3 nitrogen and oxygen atoms in total. The van der Waals surface area contributed by atoms with Gasteiger partial charge < -0.3 is 0 Å². The molecule has 1 aromatic heterocycles. The van der Waals surface area contributed by atoms with Gasteiger partial charge in [-0.1, -0.05) is 57.5 Å². The molecule has 1 unspecified atom stereocenters. The molecule has 0 N–H and O–H groups in total. The summed E-state index contributed by atoms with van der Waals surface area (Å²) in [5, 5.41) is 8.73. The Labute approximate surface area is 127 Å². The lowest BCUT2D eigenvalue weighted by atomic mass is 9.85. The molecule has 0 amide bonds. The van der Waals surface area contributed by atoms with E-state index in [0.717, 1.165) is 24.4 Å². The third kappa shape index (κ3) is 3.87. The fourth-order valence-corrected chi connectivity index (χ4v) is 2.32. The second kappa shape index (κ2) is 6.33. The van der Waals surface area contributed by atoms with E-state index in [1.54, 1.807) is 0 Å². The summed E-state index contributed by atoms with van der Waals surface area (Å²) in [6.07, 6.45) is 3.85. The predicted octanol–water partition coefficient (Wildman–Crippen LogP) is 4.21. The SMILES string of the molecule is CCC(C)c1cnc(C(C)(C)Cc2ccc(C)cc2)nn1. The van der Waals surface area contributed by atoms with E-state index in [1.807, 2.05) is 6.20 Å². The number of nitrogens with zero attached hydrogens (tertiary/aromatic N) is 3. The molecule has 0 radical (unpaired) electrons. The summed E-state index contributed by atoms with van der Waals surface area (Å²) in [7, 11) is 0. The molecule has 1 heterocycles. The largest absolute Gasteiger partial charge is 0.237 e. The Balaban J connectivity index is 2.16. The van der Waals surface area contributed by atoms with Gasteiger partial charge in [0.1, 0.15) is 0 Å². The van der Waals surface area contributed by atoms with Crippen LogP contribution in [0.15, 0.2) is 30.5 Å². The van der Waals surface area contributed by atoms with Crippen LogP contribution >= 0.6 is 0 Å². The number of benzene rings is 1. The van der Waals surface area contributed by atoms with Gasteiger partial charge in [-0.15, -0.1) is 5.10 Å². The topological polar surface area (TPSA) is 38.7 Å². The highest BCUT2D eigenvalue weighted by Crippen LogP contribution is 2.25. The molecule has 1 atom stereocenters. The highest BCUT2D eigenvalue weighted by molar-refractivity contribution is 5.24. The molecule has 3 heteroatoms. The lowest BCUT2D eigenvalue weighted by Gasteiger charge is -2.22. The smallest absolute Gasteiger partial charge is 0.156 e. The van der Waals surface area contributed by atoms with Crippen molar-refractivity contribution in [2.24, 2.45) is 0 Å². The fraction of sp³-hybridized carbons (Fsp3) is 0.500. The van der Waals surface area contributed by atoms with Gasteiger partial charge in [0.2, 0.25) is 0 Å². The minimum atomic E-state index is -0.115. The van der Waals surface area contributed by atoms with Crippen LogP contribution in [0.25, 0.3) is 0 Å². The van der Waals surface area contributed by atoms with Crippen molar-refractivity contribution in [1.82, 2.24) is 15.2 Å². The summed E-state index contributed by atoms with van der Waals surface area (Å²) >= 11 is 0. The molecule has 2 aromatic rings. The zero-order valence-electron chi connectivity index (χ0n) is 13.7. The highest BCUT2D eigenvalue weighted by atomic mass is 15.2. The summed E-state index contributed by atoms with van der Waals surface area (Å²) in [6.45, 7) is 10.8. The van der Waals surface area contributed by atoms with Gasteiger partial charge in [0.15, 0.2) is 5.82 Å². The van der Waals surface area contributed by atoms with Crippen LogP contribution < -0.4 is 0 Å². The zero-order chi connectivity index (χ0) is 15.5. The maximum absolute atomic E-state index is 4.56. The van der Waals surface area contributed by atoms with E-state index in [4.69, 9.17) is 0 Å². The first-order valence-electron chi connectivity index (χ1n) is 7.68. The van der Waals surface area contributed by atoms with Crippen LogP contribution in [0.2, 0.25) is 0 Å². The van der Waals surface area contributed by atoms with Crippen LogP contribution in [-0.4, -0.2) is 15.2 Å². The van der Waals surface area contributed by atoms with Crippen LogP contribution in [0.4, 0.5) is 0 Å². The number of hydrogen-bond donors (Lipinski definition) is 0. The third-order valence-electron chi connectivity index (χ3n) is 4.07. The molecule has 112 valence electrons. The lowest BCUT2D eigenvalue weighted by Crippen LogP contribution is -2.24. The first-order valence-corrected chi connectivity index (χ1v) is 7.68. The maximum Gasteiger partial charge on any atom is 0.156 e. The number of aromatic nitrogens is 3. The van der Waals surface area contributed by atoms with Crippen LogP contribution in [0.1, 0.15) is 62.7 Å². The van der Waals surface area contributed by atoms with E-state index < -0.39 is 0 Å². The van der Waals surface area contributed by atoms with Crippen LogP contribution in [0, 0.1) is 6.92 Å². The molecule has 0 aliphatic rings. The van der Waals surface area contributed by atoms with Crippen LogP contribution in [0.3, 0.4) is 0 Å². The van der Waals surface area contributed by atoms with Crippen molar-refractivity contribution in [3.63, 3.8) is 0 Å². The Bertz CT molecular complexity index is 570. The molecule has 21 heavy (non-hydrogen) atoms. The summed E-state index contributed by atoms with van der Waals surface area (Å²) in [5.41, 5.74) is 3.45. The molecular formula is C18H25N3. The summed E-state index contributed by atoms with van der Waals surface area (Å²) in [5.74, 6) is 1.23. The monoisotopic (exact) mass is 283 g/mol. The standard InChI is InChI=1S/C18H25N3/c1-6-14(3)16-12-19-17(21-20-16)18(4,5)11-15-9-7-13(2)8-10-15/h7-10,12,14H,6,11H2,1-5H3. The Hall–Kier alpha value is -1.77. The molecule has 0 saturated heterocycles. The Morgan fingerprint density at radius 3 is 2.29 bits per heavy atom. The molecule has 0 saturated carbocycles. The zero-order valence-corrected chi connectivity index (χ0v) is 13.7. The van der Waals surface area contributed by atoms with Crippen molar-refractivity contribution < 1.29 is 0 Å². The van der Waals surface area contributed by atoms with Gasteiger partial charge in [0.05, 0.1) is 11.9 Å². The number of hydrogen-bond acceptors (Lipinski definition) is 3. The lowest BCUT2D eigenvalue weighted by molar-refractivity contribution is 0.473. The maximum atomic E-state index is 4.56. The molecule has 2 rings (SSSR count). The van der Waals surface area contributed by atoms with Gasteiger partial charge in [0, 0.05) is 11.3 Å². The predicted molar refractivity (Wildman–Crippen MR) is 86.4 cm³/mol. The van der Waals surface area contributed by atoms with Crippen molar-refractivity contribution in [2.75, 3.05) is 0 Å². The van der Waals surface area contributed by atoms with Gasteiger partial charge in [-0.25, -0.2) is 4.98 Å². The average Bonchev–Trinajstić information content (AvgIpc) is 2.49. The van der Waals surface area contributed by atoms with E-state index in [0.29, 0.717) is 5.92 Å². The van der Waals surface area contributed by atoms with Gasteiger partial charge in [0.25, 0.3) is 0 Å². The van der Waals surface area contributed by atoms with E-state index in [1.165, 1.54) is 11.1 Å². The van der Waals surface area contributed by atoms with Gasteiger partial charge in [-0.3, -0.25) is 0 Å². The molecule has 0 spiro atoms. The van der Waals surface area contributed by atoms with Gasteiger partial charge in [-0.05, 0) is 25.3 Å².